The molecule has 2 rings (SSSR count). The molecule has 2 aromatic rings. The van der Waals surface area contributed by atoms with Crippen LogP contribution in [0.4, 0.5) is 0 Å². The fourth-order valence-electron chi connectivity index (χ4n) is 1.96. The molecule has 0 unspecified atom stereocenters. The largest absolute Gasteiger partial charge is 0.465 e. The number of hydrogen-bond acceptors (Lipinski definition) is 3. The van der Waals surface area contributed by atoms with Crippen LogP contribution in [0.3, 0.4) is 0 Å². The van der Waals surface area contributed by atoms with Gasteiger partial charge in [0.05, 0.1) is 6.54 Å². The maximum absolute atomic E-state index is 5.73. The molecule has 3 nitrogen and oxygen atoms in total. The summed E-state index contributed by atoms with van der Waals surface area (Å²) in [5.41, 5.74) is 1.22. The molecular weight excluding hydrogens is 224 g/mol. The Morgan fingerprint density at radius 3 is 2.67 bits per heavy atom. The van der Waals surface area contributed by atoms with Crippen LogP contribution in [0.2, 0.25) is 0 Å². The Bertz CT molecular complexity index is 478. The van der Waals surface area contributed by atoms with Gasteiger partial charge in [0.1, 0.15) is 11.5 Å². The Labute approximate surface area is 108 Å². The fraction of sp³-hybridized carbons (Fsp3) is 0.400. The molecule has 0 saturated carbocycles. The second-order valence-electron chi connectivity index (χ2n) is 4.60. The topological polar surface area (TPSA) is 29.3 Å². The van der Waals surface area contributed by atoms with Gasteiger partial charge in [0.25, 0.3) is 0 Å². The van der Waals surface area contributed by atoms with E-state index in [0.717, 1.165) is 24.5 Å². The Hall–Kier alpha value is -1.61. The van der Waals surface area contributed by atoms with Crippen LogP contribution < -0.4 is 0 Å². The molecule has 0 aromatic carbocycles. The zero-order valence-electron chi connectivity index (χ0n) is 11.3. The Balaban J connectivity index is 2.01. The molecule has 0 aliphatic carbocycles. The summed E-state index contributed by atoms with van der Waals surface area (Å²) >= 11 is 0. The van der Waals surface area contributed by atoms with Crippen molar-refractivity contribution in [3.05, 3.63) is 53.7 Å². The minimum atomic E-state index is 0.328. The van der Waals surface area contributed by atoms with Crippen LogP contribution in [0.25, 0.3) is 0 Å². The van der Waals surface area contributed by atoms with E-state index in [0.29, 0.717) is 6.04 Å². The average Bonchev–Trinajstić information content (AvgIpc) is 2.86. The zero-order valence-corrected chi connectivity index (χ0v) is 11.3. The van der Waals surface area contributed by atoms with E-state index in [1.807, 2.05) is 12.3 Å². The number of nitrogens with zero attached hydrogens (tertiary/aromatic N) is 2. The summed E-state index contributed by atoms with van der Waals surface area (Å²) in [6, 6.07) is 8.52. The molecule has 2 aromatic heterocycles. The maximum Gasteiger partial charge on any atom is 0.118 e. The van der Waals surface area contributed by atoms with E-state index in [4.69, 9.17) is 4.42 Å². The van der Waals surface area contributed by atoms with Gasteiger partial charge in [-0.3, -0.25) is 9.88 Å². The Kier molecular flexibility index (Phi) is 4.15. The third-order valence-corrected chi connectivity index (χ3v) is 3.30. The summed E-state index contributed by atoms with van der Waals surface area (Å²) in [5.74, 6) is 2.07. The summed E-state index contributed by atoms with van der Waals surface area (Å²) in [6.45, 7) is 5.10. The number of pyridine rings is 1. The van der Waals surface area contributed by atoms with Crippen LogP contribution in [-0.4, -0.2) is 16.9 Å². The van der Waals surface area contributed by atoms with Gasteiger partial charge in [-0.15, -0.1) is 0 Å². The first-order valence-electron chi connectivity index (χ1n) is 6.38. The smallest absolute Gasteiger partial charge is 0.118 e. The van der Waals surface area contributed by atoms with Crippen molar-refractivity contribution in [2.24, 2.45) is 0 Å². The van der Waals surface area contributed by atoms with Crippen LogP contribution in [0, 0.1) is 0 Å². The van der Waals surface area contributed by atoms with Crippen LogP contribution in [0.1, 0.15) is 37.0 Å². The Morgan fingerprint density at radius 2 is 2.06 bits per heavy atom. The molecular formula is C15H20N2O. The van der Waals surface area contributed by atoms with Crippen LogP contribution in [-0.2, 0) is 13.0 Å². The van der Waals surface area contributed by atoms with Crippen molar-refractivity contribution < 1.29 is 4.42 Å². The second kappa shape index (κ2) is 5.83. The molecule has 0 spiro atoms. The molecule has 2 heterocycles. The normalized spacial score (nSPS) is 12.9. The standard InChI is InChI=1S/C15H20N2O/c1-4-14-7-8-15(18-14)11-17(3)12(2)13-6-5-9-16-10-13/h5-10,12H,4,11H2,1-3H3/t12-/m0/s1. The number of hydrogen-bond donors (Lipinski definition) is 0. The van der Waals surface area contributed by atoms with Crippen molar-refractivity contribution in [1.82, 2.24) is 9.88 Å². The minimum Gasteiger partial charge on any atom is -0.465 e. The summed E-state index contributed by atoms with van der Waals surface area (Å²) in [7, 11) is 2.10. The van der Waals surface area contributed by atoms with Gasteiger partial charge in [0.15, 0.2) is 0 Å². The predicted molar refractivity (Wildman–Crippen MR) is 72.2 cm³/mol. The summed E-state index contributed by atoms with van der Waals surface area (Å²) in [5, 5.41) is 0. The molecule has 18 heavy (non-hydrogen) atoms. The van der Waals surface area contributed by atoms with E-state index in [-0.39, 0.29) is 0 Å². The lowest BCUT2D eigenvalue weighted by Crippen LogP contribution is -2.21. The van der Waals surface area contributed by atoms with Gasteiger partial charge in [0.2, 0.25) is 0 Å². The number of aromatic nitrogens is 1. The third-order valence-electron chi connectivity index (χ3n) is 3.30. The molecule has 0 saturated heterocycles. The SMILES string of the molecule is CCc1ccc(CN(C)[C@@H](C)c2cccnc2)o1. The van der Waals surface area contributed by atoms with Crippen molar-refractivity contribution in [2.45, 2.75) is 32.9 Å². The predicted octanol–water partition coefficient (Wildman–Crippen LogP) is 3.43. The fourth-order valence-corrected chi connectivity index (χ4v) is 1.96. The monoisotopic (exact) mass is 244 g/mol. The lowest BCUT2D eigenvalue weighted by molar-refractivity contribution is 0.230. The van der Waals surface area contributed by atoms with Crippen LogP contribution in [0.5, 0.6) is 0 Å². The molecule has 1 atom stereocenters. The van der Waals surface area contributed by atoms with Crippen molar-refractivity contribution in [3.8, 4) is 0 Å². The third kappa shape index (κ3) is 2.99. The minimum absolute atomic E-state index is 0.328. The van der Waals surface area contributed by atoms with Crippen molar-refractivity contribution in [2.75, 3.05) is 7.05 Å². The number of aryl methyl sites for hydroxylation is 1. The molecule has 0 N–H and O–H groups in total. The lowest BCUT2D eigenvalue weighted by atomic mass is 10.1. The molecule has 0 bridgehead atoms. The molecule has 3 heteroatoms. The van der Waals surface area contributed by atoms with Gasteiger partial charge < -0.3 is 4.42 Å². The second-order valence-corrected chi connectivity index (χ2v) is 4.60. The van der Waals surface area contributed by atoms with Crippen molar-refractivity contribution in [1.29, 1.82) is 0 Å². The molecule has 0 radical (unpaired) electrons. The molecule has 0 amide bonds. The van der Waals surface area contributed by atoms with E-state index < -0.39 is 0 Å². The highest BCUT2D eigenvalue weighted by Gasteiger charge is 2.13. The van der Waals surface area contributed by atoms with Gasteiger partial charge in [-0.25, -0.2) is 0 Å². The Morgan fingerprint density at radius 1 is 1.28 bits per heavy atom. The van der Waals surface area contributed by atoms with Crippen molar-refractivity contribution in [3.63, 3.8) is 0 Å². The highest BCUT2D eigenvalue weighted by atomic mass is 16.3. The summed E-state index contributed by atoms with van der Waals surface area (Å²) in [4.78, 5) is 6.42. The molecule has 0 aliphatic rings. The first kappa shape index (κ1) is 12.8. The van der Waals surface area contributed by atoms with Crippen molar-refractivity contribution >= 4 is 0 Å². The number of furan rings is 1. The van der Waals surface area contributed by atoms with Crippen LogP contribution in [0.15, 0.2) is 41.1 Å². The van der Waals surface area contributed by atoms with Gasteiger partial charge in [-0.1, -0.05) is 13.0 Å². The summed E-state index contributed by atoms with van der Waals surface area (Å²) < 4.78 is 5.73. The van der Waals surface area contributed by atoms with E-state index in [1.54, 1.807) is 6.20 Å². The molecule has 0 aliphatic heterocycles. The van der Waals surface area contributed by atoms with E-state index in [2.05, 4.69) is 49.0 Å². The van der Waals surface area contributed by atoms with E-state index >= 15 is 0 Å². The lowest BCUT2D eigenvalue weighted by Gasteiger charge is -2.23. The highest BCUT2D eigenvalue weighted by molar-refractivity contribution is 5.13. The zero-order chi connectivity index (χ0) is 13.0. The van der Waals surface area contributed by atoms with E-state index in [1.165, 1.54) is 5.56 Å². The first-order valence-corrected chi connectivity index (χ1v) is 6.38. The van der Waals surface area contributed by atoms with Gasteiger partial charge >= 0.3 is 0 Å². The number of rotatable bonds is 5. The van der Waals surface area contributed by atoms with Gasteiger partial charge in [0, 0.05) is 24.9 Å². The molecule has 0 fully saturated rings. The quantitative estimate of drug-likeness (QED) is 0.807. The van der Waals surface area contributed by atoms with Crippen LogP contribution >= 0.6 is 0 Å². The summed E-state index contributed by atoms with van der Waals surface area (Å²) in [6.07, 6.45) is 4.67. The highest BCUT2D eigenvalue weighted by Crippen LogP contribution is 2.20. The van der Waals surface area contributed by atoms with E-state index in [9.17, 15) is 0 Å². The first-order chi connectivity index (χ1) is 8.70. The van der Waals surface area contributed by atoms with Gasteiger partial charge in [-0.2, -0.15) is 0 Å². The molecule has 96 valence electrons. The maximum atomic E-state index is 5.73. The average molecular weight is 244 g/mol. The van der Waals surface area contributed by atoms with Gasteiger partial charge in [-0.05, 0) is 37.7 Å².